The maximum atomic E-state index is 11.7. The van der Waals surface area contributed by atoms with Gasteiger partial charge in [-0.25, -0.2) is 4.79 Å². The number of benzene rings is 1. The van der Waals surface area contributed by atoms with E-state index < -0.39 is 0 Å². The van der Waals surface area contributed by atoms with E-state index in [1.54, 1.807) is 4.90 Å². The Hall–Kier alpha value is -1.55. The smallest absolute Gasteiger partial charge is 0.410 e. The third-order valence-corrected chi connectivity index (χ3v) is 3.74. The van der Waals surface area contributed by atoms with Gasteiger partial charge in [-0.15, -0.1) is 0 Å². The lowest BCUT2D eigenvalue weighted by Crippen LogP contribution is -2.27. The first kappa shape index (κ1) is 12.9. The number of nitrogens with zero attached hydrogens (tertiary/aromatic N) is 1. The molecular formula is C14H20N2O2. The number of carbonyl (C=O) groups excluding carboxylic acids is 1. The number of carbonyl (C=O) groups is 1. The second kappa shape index (κ2) is 4.98. The van der Waals surface area contributed by atoms with Gasteiger partial charge in [0, 0.05) is 13.1 Å². The maximum Gasteiger partial charge on any atom is 0.410 e. The van der Waals surface area contributed by atoms with Crippen molar-refractivity contribution in [3.8, 4) is 0 Å². The molecule has 1 aromatic rings. The van der Waals surface area contributed by atoms with Gasteiger partial charge in [-0.3, -0.25) is 0 Å². The van der Waals surface area contributed by atoms with Gasteiger partial charge in [0.1, 0.15) is 6.10 Å². The van der Waals surface area contributed by atoms with Crippen LogP contribution >= 0.6 is 0 Å². The first-order valence-electron chi connectivity index (χ1n) is 6.24. The molecule has 0 saturated carbocycles. The summed E-state index contributed by atoms with van der Waals surface area (Å²) in [5.41, 5.74) is 10.5. The second-order valence-electron chi connectivity index (χ2n) is 4.91. The van der Waals surface area contributed by atoms with Crippen LogP contribution in [0.3, 0.4) is 0 Å². The molecule has 1 saturated heterocycles. The van der Waals surface area contributed by atoms with Crippen molar-refractivity contribution in [2.45, 2.75) is 33.4 Å². The molecule has 1 atom stereocenters. The van der Waals surface area contributed by atoms with Crippen LogP contribution in [0.25, 0.3) is 0 Å². The Morgan fingerprint density at radius 2 is 2.06 bits per heavy atom. The number of aryl methyl sites for hydroxylation is 1. The zero-order chi connectivity index (χ0) is 13.3. The van der Waals surface area contributed by atoms with Gasteiger partial charge in [0.05, 0.1) is 6.54 Å². The van der Waals surface area contributed by atoms with Crippen LogP contribution in [0.5, 0.6) is 0 Å². The number of ether oxygens (including phenoxy) is 1. The Kier molecular flexibility index (Phi) is 3.57. The van der Waals surface area contributed by atoms with E-state index in [1.165, 1.54) is 22.3 Å². The van der Waals surface area contributed by atoms with Crippen LogP contribution in [0.2, 0.25) is 0 Å². The monoisotopic (exact) mass is 248 g/mol. The number of hydrogen-bond donors (Lipinski definition) is 1. The molecule has 0 aromatic heterocycles. The molecule has 1 unspecified atom stereocenters. The molecule has 4 nitrogen and oxygen atoms in total. The first-order valence-corrected chi connectivity index (χ1v) is 6.24. The SMILES string of the molecule is Cc1ccc(CN2CC(CN)OC2=O)c(C)c1C. The van der Waals surface area contributed by atoms with Crippen molar-refractivity contribution in [1.29, 1.82) is 0 Å². The Labute approximate surface area is 108 Å². The van der Waals surface area contributed by atoms with Crippen molar-refractivity contribution in [3.63, 3.8) is 0 Å². The van der Waals surface area contributed by atoms with E-state index in [2.05, 4.69) is 32.9 Å². The Morgan fingerprint density at radius 1 is 1.33 bits per heavy atom. The number of cyclic esters (lactones) is 1. The molecule has 0 spiro atoms. The van der Waals surface area contributed by atoms with Crippen LogP contribution in [0.4, 0.5) is 4.79 Å². The van der Waals surface area contributed by atoms with E-state index in [0.717, 1.165) is 0 Å². The van der Waals surface area contributed by atoms with Crippen LogP contribution in [0.15, 0.2) is 12.1 Å². The van der Waals surface area contributed by atoms with E-state index >= 15 is 0 Å². The van der Waals surface area contributed by atoms with Crippen molar-refractivity contribution >= 4 is 6.09 Å². The molecule has 1 aromatic carbocycles. The zero-order valence-corrected chi connectivity index (χ0v) is 11.2. The lowest BCUT2D eigenvalue weighted by atomic mass is 9.98. The first-order chi connectivity index (χ1) is 8.52. The molecule has 0 bridgehead atoms. The van der Waals surface area contributed by atoms with Gasteiger partial charge < -0.3 is 15.4 Å². The average molecular weight is 248 g/mol. The Morgan fingerprint density at radius 3 is 2.67 bits per heavy atom. The molecule has 2 N–H and O–H groups in total. The molecule has 1 aliphatic rings. The second-order valence-corrected chi connectivity index (χ2v) is 4.91. The molecule has 4 heteroatoms. The highest BCUT2D eigenvalue weighted by Gasteiger charge is 2.30. The number of hydrogen-bond acceptors (Lipinski definition) is 3. The summed E-state index contributed by atoms with van der Waals surface area (Å²) in [7, 11) is 0. The number of amides is 1. The predicted molar refractivity (Wildman–Crippen MR) is 70.4 cm³/mol. The van der Waals surface area contributed by atoms with Gasteiger partial charge in [-0.2, -0.15) is 0 Å². The minimum Gasteiger partial charge on any atom is -0.443 e. The number of rotatable bonds is 3. The molecule has 1 heterocycles. The minimum atomic E-state index is -0.261. The molecule has 0 aliphatic carbocycles. The van der Waals surface area contributed by atoms with Crippen molar-refractivity contribution in [1.82, 2.24) is 4.90 Å². The predicted octanol–water partition coefficient (Wildman–Crippen LogP) is 1.89. The maximum absolute atomic E-state index is 11.7. The van der Waals surface area contributed by atoms with Crippen LogP contribution < -0.4 is 5.73 Å². The molecule has 2 rings (SSSR count). The largest absolute Gasteiger partial charge is 0.443 e. The fraction of sp³-hybridized carbons (Fsp3) is 0.500. The van der Waals surface area contributed by atoms with E-state index in [4.69, 9.17) is 10.5 Å². The molecule has 1 aliphatic heterocycles. The van der Waals surface area contributed by atoms with E-state index in [1.807, 2.05) is 0 Å². The lowest BCUT2D eigenvalue weighted by Gasteiger charge is -2.17. The molecule has 1 amide bonds. The topological polar surface area (TPSA) is 55.6 Å². The lowest BCUT2D eigenvalue weighted by molar-refractivity contribution is 0.134. The molecule has 0 radical (unpaired) electrons. The van der Waals surface area contributed by atoms with Crippen molar-refractivity contribution in [2.24, 2.45) is 5.73 Å². The Balaban J connectivity index is 2.15. The van der Waals surface area contributed by atoms with Crippen LogP contribution in [-0.2, 0) is 11.3 Å². The highest BCUT2D eigenvalue weighted by Crippen LogP contribution is 2.21. The third kappa shape index (κ3) is 2.34. The quantitative estimate of drug-likeness (QED) is 0.888. The van der Waals surface area contributed by atoms with Crippen LogP contribution in [-0.4, -0.2) is 30.2 Å². The van der Waals surface area contributed by atoms with Gasteiger partial charge >= 0.3 is 6.09 Å². The summed E-state index contributed by atoms with van der Waals surface area (Å²) >= 11 is 0. The number of nitrogens with two attached hydrogens (primary N) is 1. The molecular weight excluding hydrogens is 228 g/mol. The normalized spacial score (nSPS) is 19.2. The minimum absolute atomic E-state index is 0.163. The molecule has 18 heavy (non-hydrogen) atoms. The summed E-state index contributed by atoms with van der Waals surface area (Å²) in [6, 6.07) is 4.18. The standard InChI is InChI=1S/C14H20N2O2/c1-9-4-5-12(11(3)10(9)2)7-16-8-13(6-15)18-14(16)17/h4-5,13H,6-8,15H2,1-3H3. The summed E-state index contributed by atoms with van der Waals surface area (Å²) in [6.07, 6.45) is -0.424. The van der Waals surface area contributed by atoms with Crippen molar-refractivity contribution in [3.05, 3.63) is 34.4 Å². The summed E-state index contributed by atoms with van der Waals surface area (Å²) in [6.45, 7) is 7.87. The van der Waals surface area contributed by atoms with Crippen molar-refractivity contribution < 1.29 is 9.53 Å². The van der Waals surface area contributed by atoms with Crippen molar-refractivity contribution in [2.75, 3.05) is 13.1 Å². The van der Waals surface area contributed by atoms with Crippen LogP contribution in [0, 0.1) is 20.8 Å². The molecule has 1 fully saturated rings. The fourth-order valence-electron chi connectivity index (χ4n) is 2.22. The van der Waals surface area contributed by atoms with Gasteiger partial charge in [0.25, 0.3) is 0 Å². The van der Waals surface area contributed by atoms with E-state index in [9.17, 15) is 4.79 Å². The summed E-state index contributed by atoms with van der Waals surface area (Å²) in [5, 5.41) is 0. The third-order valence-electron chi connectivity index (χ3n) is 3.74. The fourth-order valence-corrected chi connectivity index (χ4v) is 2.22. The summed E-state index contributed by atoms with van der Waals surface area (Å²) in [5.74, 6) is 0. The highest BCUT2D eigenvalue weighted by atomic mass is 16.6. The summed E-state index contributed by atoms with van der Waals surface area (Å²) in [4.78, 5) is 13.4. The Bertz CT molecular complexity index is 471. The highest BCUT2D eigenvalue weighted by molar-refractivity contribution is 5.70. The van der Waals surface area contributed by atoms with Gasteiger partial charge in [0.15, 0.2) is 0 Å². The van der Waals surface area contributed by atoms with Gasteiger partial charge in [0.2, 0.25) is 0 Å². The van der Waals surface area contributed by atoms with E-state index in [0.29, 0.717) is 19.6 Å². The molecule has 98 valence electrons. The van der Waals surface area contributed by atoms with Gasteiger partial charge in [-0.1, -0.05) is 12.1 Å². The summed E-state index contributed by atoms with van der Waals surface area (Å²) < 4.78 is 5.15. The zero-order valence-electron chi connectivity index (χ0n) is 11.2. The average Bonchev–Trinajstić information content (AvgIpc) is 2.71. The van der Waals surface area contributed by atoms with Gasteiger partial charge in [-0.05, 0) is 43.0 Å². The van der Waals surface area contributed by atoms with Crippen LogP contribution in [0.1, 0.15) is 22.3 Å². The van der Waals surface area contributed by atoms with E-state index in [-0.39, 0.29) is 12.2 Å².